The Bertz CT molecular complexity index is 445. The molecule has 0 spiro atoms. The lowest BCUT2D eigenvalue weighted by molar-refractivity contribution is -0.287. The van der Waals surface area contributed by atoms with E-state index >= 15 is 0 Å². The summed E-state index contributed by atoms with van der Waals surface area (Å²) in [5.74, 6) is -0.852. The van der Waals surface area contributed by atoms with E-state index in [4.69, 9.17) is 20.7 Å². The van der Waals surface area contributed by atoms with E-state index in [-0.39, 0.29) is 12.5 Å². The van der Waals surface area contributed by atoms with Crippen molar-refractivity contribution in [1.82, 2.24) is 5.32 Å². The highest BCUT2D eigenvalue weighted by atomic mass is 16.6. The van der Waals surface area contributed by atoms with Gasteiger partial charge in [0.15, 0.2) is 6.29 Å². The number of amides is 1. The molecule has 25 heavy (non-hydrogen) atoms. The Balaban J connectivity index is 0.000000547. The van der Waals surface area contributed by atoms with Gasteiger partial charge in [-0.05, 0) is 19.0 Å². The smallest absolute Gasteiger partial charge is 0.330 e. The van der Waals surface area contributed by atoms with Crippen molar-refractivity contribution >= 4 is 11.9 Å². The summed E-state index contributed by atoms with van der Waals surface area (Å²) in [6.07, 6.45) is -4.34. The Morgan fingerprint density at radius 3 is 2.28 bits per heavy atom. The second-order valence-electron chi connectivity index (χ2n) is 5.01. The Hall–Kier alpha value is -1.82. The molecule has 0 radical (unpaired) electrons. The van der Waals surface area contributed by atoms with Gasteiger partial charge in [0.05, 0.1) is 0 Å². The molecule has 10 heteroatoms. The average Bonchev–Trinajstić information content (AvgIpc) is 2.62. The quantitative estimate of drug-likeness (QED) is 0.158. The molecule has 0 aromatic rings. The molecular weight excluding hydrogens is 336 g/mol. The second-order valence-corrected chi connectivity index (χ2v) is 5.01. The largest absolute Gasteiger partial charge is 0.460 e. The van der Waals surface area contributed by atoms with E-state index in [0.29, 0.717) is 13.1 Å². The van der Waals surface area contributed by atoms with E-state index in [0.717, 1.165) is 12.5 Å². The van der Waals surface area contributed by atoms with Crippen LogP contribution in [0.4, 0.5) is 0 Å². The summed E-state index contributed by atoms with van der Waals surface area (Å²) in [7, 11) is 0. The fourth-order valence-corrected chi connectivity index (χ4v) is 1.68. The first-order valence-corrected chi connectivity index (χ1v) is 7.55. The van der Waals surface area contributed by atoms with Crippen LogP contribution in [-0.4, -0.2) is 82.7 Å². The minimum atomic E-state index is -1.63. The molecule has 7 N–H and O–H groups in total. The van der Waals surface area contributed by atoms with Crippen LogP contribution in [0, 0.1) is 0 Å². The van der Waals surface area contributed by atoms with E-state index < -0.39 is 36.7 Å². The van der Waals surface area contributed by atoms with E-state index in [9.17, 15) is 19.8 Å². The number of hydrogen-bond acceptors (Lipinski definition) is 9. The molecule has 0 bridgehead atoms. The summed E-state index contributed by atoms with van der Waals surface area (Å²) >= 11 is 0. The molecule has 1 fully saturated rings. The zero-order valence-electron chi connectivity index (χ0n) is 13.8. The molecular formula is C15H26N2O8. The molecule has 0 aromatic heterocycles. The summed E-state index contributed by atoms with van der Waals surface area (Å²) in [6.45, 7) is 7.36. The fraction of sp³-hybridized carbons (Fsp3) is 0.600. The van der Waals surface area contributed by atoms with Gasteiger partial charge in [0.25, 0.3) is 0 Å². The lowest BCUT2D eigenvalue weighted by Crippen LogP contribution is -2.58. The molecule has 10 nitrogen and oxygen atoms in total. The molecule has 2 unspecified atom stereocenters. The Morgan fingerprint density at radius 1 is 1.12 bits per heavy atom. The van der Waals surface area contributed by atoms with E-state index in [1.54, 1.807) is 0 Å². The normalized spacial score (nSPS) is 28.1. The first-order chi connectivity index (χ1) is 11.8. The molecule has 1 heterocycles. The van der Waals surface area contributed by atoms with Gasteiger partial charge in [-0.3, -0.25) is 4.79 Å². The van der Waals surface area contributed by atoms with Gasteiger partial charge in [-0.2, -0.15) is 0 Å². The number of nitrogens with one attached hydrogen (secondary N) is 1. The number of carbonyl (C=O) groups is 2. The number of aliphatic hydroxyl groups excluding tert-OH is 4. The van der Waals surface area contributed by atoms with Crippen LogP contribution in [0.5, 0.6) is 0 Å². The van der Waals surface area contributed by atoms with Gasteiger partial charge in [0.1, 0.15) is 31.0 Å². The van der Waals surface area contributed by atoms with Crippen LogP contribution in [0.1, 0.15) is 6.42 Å². The van der Waals surface area contributed by atoms with Crippen molar-refractivity contribution in [2.45, 2.75) is 37.1 Å². The maximum absolute atomic E-state index is 10.7. The highest BCUT2D eigenvalue weighted by Crippen LogP contribution is 2.19. The molecule has 1 rings (SSSR count). The van der Waals surface area contributed by atoms with Crippen molar-refractivity contribution in [3.05, 3.63) is 25.3 Å². The molecule has 144 valence electrons. The standard InChI is InChI=1S/C9H14O7.C6H12N2O/c1-2-5(10)15-3-4-6(11)7(12)8(13)9(14)16-4;1-2-6(9)8-5-3-4-7/h2,4,6-9,11-14H,1,3H2;2H,1,3-5,7H2,(H,8,9)/t4?,6-,7+,8?,9-;/m1./s1. The number of rotatable bonds is 7. The predicted molar refractivity (Wildman–Crippen MR) is 86.9 cm³/mol. The summed E-state index contributed by atoms with van der Waals surface area (Å²) in [6, 6.07) is 0. The monoisotopic (exact) mass is 362 g/mol. The topological polar surface area (TPSA) is 172 Å². The van der Waals surface area contributed by atoms with Crippen LogP contribution in [0.3, 0.4) is 0 Å². The number of ether oxygens (including phenoxy) is 2. The molecule has 1 aliphatic heterocycles. The lowest BCUT2D eigenvalue weighted by atomic mass is 9.99. The number of aliphatic hydroxyl groups is 4. The third-order valence-corrected chi connectivity index (χ3v) is 3.11. The van der Waals surface area contributed by atoms with Gasteiger partial charge < -0.3 is 41.0 Å². The Morgan fingerprint density at radius 2 is 1.76 bits per heavy atom. The molecule has 1 aliphatic rings. The van der Waals surface area contributed by atoms with Gasteiger partial charge in [0, 0.05) is 12.6 Å². The minimum absolute atomic E-state index is 0.136. The van der Waals surface area contributed by atoms with Crippen LogP contribution >= 0.6 is 0 Å². The predicted octanol–water partition coefficient (Wildman–Crippen LogP) is -2.85. The van der Waals surface area contributed by atoms with Crippen LogP contribution in [0.2, 0.25) is 0 Å². The zero-order valence-corrected chi connectivity index (χ0v) is 13.8. The van der Waals surface area contributed by atoms with E-state index in [1.165, 1.54) is 6.08 Å². The van der Waals surface area contributed by atoms with Crippen molar-refractivity contribution < 1.29 is 39.5 Å². The molecule has 5 atom stereocenters. The number of esters is 1. The van der Waals surface area contributed by atoms with Crippen LogP contribution in [-0.2, 0) is 19.1 Å². The van der Waals surface area contributed by atoms with Crippen molar-refractivity contribution in [1.29, 1.82) is 0 Å². The van der Waals surface area contributed by atoms with E-state index in [1.807, 2.05) is 0 Å². The van der Waals surface area contributed by atoms with Crippen LogP contribution < -0.4 is 11.1 Å². The number of carbonyl (C=O) groups excluding carboxylic acids is 2. The van der Waals surface area contributed by atoms with Gasteiger partial charge >= 0.3 is 5.97 Å². The van der Waals surface area contributed by atoms with Gasteiger partial charge in [-0.1, -0.05) is 13.2 Å². The SMILES string of the molecule is C=CC(=O)NCCCN.C=CC(=O)OCC1O[C@@H](O)C(O)[C@@H](O)[C@@H]1O. The first kappa shape index (κ1) is 23.2. The van der Waals surface area contributed by atoms with Crippen LogP contribution in [0.15, 0.2) is 25.3 Å². The van der Waals surface area contributed by atoms with Gasteiger partial charge in [0.2, 0.25) is 5.91 Å². The summed E-state index contributed by atoms with van der Waals surface area (Å²) < 4.78 is 9.35. The van der Waals surface area contributed by atoms with Crippen molar-refractivity contribution in [2.75, 3.05) is 19.7 Å². The second kappa shape index (κ2) is 12.5. The van der Waals surface area contributed by atoms with Gasteiger partial charge in [-0.25, -0.2) is 4.79 Å². The fourth-order valence-electron chi connectivity index (χ4n) is 1.68. The van der Waals surface area contributed by atoms with Crippen molar-refractivity contribution in [2.24, 2.45) is 5.73 Å². The lowest BCUT2D eigenvalue weighted by Gasteiger charge is -2.37. The van der Waals surface area contributed by atoms with Crippen molar-refractivity contribution in [3.8, 4) is 0 Å². The van der Waals surface area contributed by atoms with Crippen LogP contribution in [0.25, 0.3) is 0 Å². The molecule has 0 saturated carbocycles. The number of nitrogens with two attached hydrogens (primary N) is 1. The molecule has 0 aromatic carbocycles. The number of hydrogen-bond donors (Lipinski definition) is 6. The highest BCUT2D eigenvalue weighted by Gasteiger charge is 2.43. The minimum Gasteiger partial charge on any atom is -0.460 e. The third kappa shape index (κ3) is 8.72. The summed E-state index contributed by atoms with van der Waals surface area (Å²) in [5, 5.41) is 39.7. The zero-order chi connectivity index (χ0) is 19.4. The maximum atomic E-state index is 10.7. The summed E-state index contributed by atoms with van der Waals surface area (Å²) in [5.41, 5.74) is 5.18. The maximum Gasteiger partial charge on any atom is 0.330 e. The first-order valence-electron chi connectivity index (χ1n) is 7.55. The van der Waals surface area contributed by atoms with E-state index in [2.05, 4.69) is 23.2 Å². The highest BCUT2D eigenvalue weighted by molar-refractivity contribution is 5.86. The average molecular weight is 362 g/mol. The third-order valence-electron chi connectivity index (χ3n) is 3.11. The van der Waals surface area contributed by atoms with Crippen molar-refractivity contribution in [3.63, 3.8) is 0 Å². The summed E-state index contributed by atoms with van der Waals surface area (Å²) in [4.78, 5) is 21.2. The molecule has 0 aliphatic carbocycles. The van der Waals surface area contributed by atoms with Gasteiger partial charge in [-0.15, -0.1) is 0 Å². The molecule has 1 saturated heterocycles. The molecule has 1 amide bonds. The Labute approximate surface area is 145 Å². The Kier molecular flexibility index (Phi) is 11.6.